The summed E-state index contributed by atoms with van der Waals surface area (Å²) >= 11 is 0. The van der Waals surface area contributed by atoms with Gasteiger partial charge in [0.25, 0.3) is 5.92 Å². The molecule has 0 amide bonds. The minimum Gasteiger partial charge on any atom is -0.496 e. The molecule has 1 atom stereocenters. The normalized spacial score (nSPS) is 21.6. The third-order valence-electron chi connectivity index (χ3n) is 2.90. The minimum atomic E-state index is -3.12. The second kappa shape index (κ2) is 3.43. The zero-order valence-electron chi connectivity index (χ0n) is 8.76. The molecule has 1 unspecified atom stereocenters. The maximum Gasteiger partial charge on any atom is 0.287 e. The van der Waals surface area contributed by atoms with Gasteiger partial charge in [0.2, 0.25) is 0 Å². The van der Waals surface area contributed by atoms with Crippen LogP contribution in [0.4, 0.5) is 8.78 Å². The number of hydrogen-bond donors (Lipinski definition) is 2. The van der Waals surface area contributed by atoms with Crippen molar-refractivity contribution in [2.75, 3.05) is 7.11 Å². The van der Waals surface area contributed by atoms with Gasteiger partial charge in [0.1, 0.15) is 11.6 Å². The van der Waals surface area contributed by atoms with Crippen molar-refractivity contribution in [2.45, 2.75) is 12.3 Å². The Bertz CT molecular complexity index is 446. The number of ether oxygens (including phenoxy) is 1. The van der Waals surface area contributed by atoms with Crippen LogP contribution < -0.4 is 10.5 Å². The van der Waals surface area contributed by atoms with Crippen LogP contribution in [0.3, 0.4) is 0 Å². The Morgan fingerprint density at radius 1 is 1.56 bits per heavy atom. The van der Waals surface area contributed by atoms with Crippen LogP contribution in [0.1, 0.15) is 11.1 Å². The first-order chi connectivity index (χ1) is 7.48. The van der Waals surface area contributed by atoms with Crippen molar-refractivity contribution in [3.8, 4) is 5.75 Å². The van der Waals surface area contributed by atoms with Gasteiger partial charge >= 0.3 is 0 Å². The van der Waals surface area contributed by atoms with Crippen molar-refractivity contribution in [1.82, 2.24) is 0 Å². The van der Waals surface area contributed by atoms with Crippen molar-refractivity contribution in [3.63, 3.8) is 0 Å². The highest BCUT2D eigenvalue weighted by atomic mass is 19.3. The van der Waals surface area contributed by atoms with E-state index in [1.54, 1.807) is 12.1 Å². The van der Waals surface area contributed by atoms with E-state index in [0.717, 1.165) is 0 Å². The van der Waals surface area contributed by atoms with E-state index in [-0.39, 0.29) is 17.7 Å². The van der Waals surface area contributed by atoms with Crippen LogP contribution >= 0.6 is 0 Å². The predicted molar refractivity (Wildman–Crippen MR) is 56.0 cm³/mol. The highest BCUT2D eigenvalue weighted by molar-refractivity contribution is 5.82. The van der Waals surface area contributed by atoms with Crippen LogP contribution in [0.5, 0.6) is 5.75 Å². The molecule has 0 aromatic heterocycles. The molecule has 1 aromatic rings. The second-order valence-corrected chi connectivity index (χ2v) is 3.83. The number of halogens is 2. The Morgan fingerprint density at radius 2 is 2.25 bits per heavy atom. The number of hydrogen-bond acceptors (Lipinski definition) is 2. The van der Waals surface area contributed by atoms with Crippen LogP contribution in [0.25, 0.3) is 0 Å². The van der Waals surface area contributed by atoms with Gasteiger partial charge in [-0.15, -0.1) is 0 Å². The lowest BCUT2D eigenvalue weighted by molar-refractivity contribution is -0.0294. The molecule has 86 valence electrons. The summed E-state index contributed by atoms with van der Waals surface area (Å²) in [6.07, 6.45) is 0.0921. The molecule has 0 saturated carbocycles. The molecule has 0 fully saturated rings. The van der Waals surface area contributed by atoms with E-state index in [4.69, 9.17) is 15.9 Å². The highest BCUT2D eigenvalue weighted by Gasteiger charge is 2.51. The average molecular weight is 226 g/mol. The number of rotatable bonds is 2. The molecular formula is C11H12F2N2O. The summed E-state index contributed by atoms with van der Waals surface area (Å²) in [6, 6.07) is 4.78. The zero-order valence-corrected chi connectivity index (χ0v) is 8.76. The molecule has 0 saturated heterocycles. The lowest BCUT2D eigenvalue weighted by Gasteiger charge is -2.19. The SMILES string of the molecule is COc1cccc2c1C(F)(F)C(C(=N)N)C2. The van der Waals surface area contributed by atoms with Gasteiger partial charge in [0.15, 0.2) is 0 Å². The van der Waals surface area contributed by atoms with Gasteiger partial charge in [-0.1, -0.05) is 12.1 Å². The summed E-state index contributed by atoms with van der Waals surface area (Å²) in [5.74, 6) is -4.69. The first kappa shape index (κ1) is 10.9. The first-order valence-corrected chi connectivity index (χ1v) is 4.86. The third-order valence-corrected chi connectivity index (χ3v) is 2.90. The molecule has 3 N–H and O–H groups in total. The molecular weight excluding hydrogens is 214 g/mol. The Hall–Kier alpha value is -1.65. The van der Waals surface area contributed by atoms with E-state index in [1.165, 1.54) is 13.2 Å². The average Bonchev–Trinajstić information content (AvgIpc) is 2.51. The Kier molecular flexibility index (Phi) is 2.33. The number of benzene rings is 1. The molecule has 16 heavy (non-hydrogen) atoms. The highest BCUT2D eigenvalue weighted by Crippen LogP contribution is 2.49. The smallest absolute Gasteiger partial charge is 0.287 e. The molecule has 0 heterocycles. The summed E-state index contributed by atoms with van der Waals surface area (Å²) in [4.78, 5) is 0. The Labute approximate surface area is 91.7 Å². The largest absolute Gasteiger partial charge is 0.496 e. The fraction of sp³-hybridized carbons (Fsp3) is 0.364. The maximum absolute atomic E-state index is 14.0. The molecule has 0 bridgehead atoms. The fourth-order valence-electron chi connectivity index (χ4n) is 2.12. The molecule has 3 nitrogen and oxygen atoms in total. The zero-order chi connectivity index (χ0) is 11.9. The number of nitrogens with two attached hydrogens (primary N) is 1. The molecule has 1 aromatic carbocycles. The summed E-state index contributed by atoms with van der Waals surface area (Å²) in [6.45, 7) is 0. The van der Waals surface area contributed by atoms with Crippen LogP contribution in [0, 0.1) is 11.3 Å². The van der Waals surface area contributed by atoms with Gasteiger partial charge in [-0.3, -0.25) is 5.41 Å². The van der Waals surface area contributed by atoms with Gasteiger partial charge in [0.05, 0.1) is 18.6 Å². The van der Waals surface area contributed by atoms with Crippen molar-refractivity contribution < 1.29 is 13.5 Å². The number of methoxy groups -OCH3 is 1. The van der Waals surface area contributed by atoms with Crippen LogP contribution in [-0.2, 0) is 12.3 Å². The van der Waals surface area contributed by atoms with Crippen LogP contribution in [0.2, 0.25) is 0 Å². The molecule has 0 radical (unpaired) electrons. The van der Waals surface area contributed by atoms with Gasteiger partial charge in [-0.2, -0.15) is 0 Å². The van der Waals surface area contributed by atoms with Gasteiger partial charge in [0, 0.05) is 0 Å². The summed E-state index contributed by atoms with van der Waals surface area (Å²) in [7, 11) is 1.35. The molecule has 5 heteroatoms. The van der Waals surface area contributed by atoms with Crippen molar-refractivity contribution in [3.05, 3.63) is 29.3 Å². The fourth-order valence-corrected chi connectivity index (χ4v) is 2.12. The number of nitrogens with one attached hydrogen (secondary N) is 1. The van der Waals surface area contributed by atoms with Gasteiger partial charge in [-0.05, 0) is 18.1 Å². The second-order valence-electron chi connectivity index (χ2n) is 3.83. The van der Waals surface area contributed by atoms with Crippen molar-refractivity contribution in [2.24, 2.45) is 11.7 Å². The topological polar surface area (TPSA) is 59.1 Å². The first-order valence-electron chi connectivity index (χ1n) is 4.86. The standard InChI is InChI=1S/C11H12F2N2O/c1-16-8-4-2-3-6-5-7(10(14)15)11(12,13)9(6)8/h2-4,7H,5H2,1H3,(H3,14,15). The van der Waals surface area contributed by atoms with E-state index in [0.29, 0.717) is 5.56 Å². The monoisotopic (exact) mass is 226 g/mol. The van der Waals surface area contributed by atoms with E-state index >= 15 is 0 Å². The molecule has 2 rings (SSSR count). The van der Waals surface area contributed by atoms with Gasteiger partial charge < -0.3 is 10.5 Å². The quantitative estimate of drug-likeness (QED) is 0.597. The summed E-state index contributed by atoms with van der Waals surface area (Å²) in [5.41, 5.74) is 5.58. The maximum atomic E-state index is 14.0. The molecule has 0 aliphatic heterocycles. The van der Waals surface area contributed by atoms with E-state index in [2.05, 4.69) is 0 Å². The van der Waals surface area contributed by atoms with Gasteiger partial charge in [-0.25, -0.2) is 8.78 Å². The van der Waals surface area contributed by atoms with E-state index in [9.17, 15) is 8.78 Å². The van der Waals surface area contributed by atoms with E-state index < -0.39 is 17.7 Å². The van der Waals surface area contributed by atoms with Crippen molar-refractivity contribution in [1.29, 1.82) is 5.41 Å². The van der Waals surface area contributed by atoms with Crippen LogP contribution in [-0.4, -0.2) is 12.9 Å². The Balaban J connectivity index is 2.57. The summed E-state index contributed by atoms with van der Waals surface area (Å²) < 4.78 is 32.9. The summed E-state index contributed by atoms with van der Waals surface area (Å²) in [5, 5.41) is 7.21. The number of amidine groups is 1. The van der Waals surface area contributed by atoms with E-state index in [1.807, 2.05) is 0 Å². The minimum absolute atomic E-state index is 0.0921. The Morgan fingerprint density at radius 3 is 2.81 bits per heavy atom. The lowest BCUT2D eigenvalue weighted by atomic mass is 10.0. The predicted octanol–water partition coefficient (Wildman–Crippen LogP) is 1.90. The molecule has 1 aliphatic carbocycles. The number of fused-ring (bicyclic) bond motifs is 1. The lowest BCUT2D eigenvalue weighted by Crippen LogP contribution is -2.33. The molecule has 0 spiro atoms. The van der Waals surface area contributed by atoms with Crippen molar-refractivity contribution >= 4 is 5.84 Å². The number of alkyl halides is 2. The third kappa shape index (κ3) is 1.35. The molecule has 1 aliphatic rings. The van der Waals surface area contributed by atoms with Crippen LogP contribution in [0.15, 0.2) is 18.2 Å².